The lowest BCUT2D eigenvalue weighted by Gasteiger charge is -2.16. The van der Waals surface area contributed by atoms with E-state index in [1.165, 1.54) is 0 Å². The average molecular weight is 409 g/mol. The molecular weight excluding hydrogens is 380 g/mol. The van der Waals surface area contributed by atoms with Crippen LogP contribution >= 0.6 is 24.2 Å². The van der Waals surface area contributed by atoms with Crippen LogP contribution in [-0.2, 0) is 9.59 Å². The van der Waals surface area contributed by atoms with Crippen LogP contribution in [0.3, 0.4) is 0 Å². The van der Waals surface area contributed by atoms with Crippen molar-refractivity contribution < 1.29 is 19.5 Å². The van der Waals surface area contributed by atoms with Gasteiger partial charge in [-0.1, -0.05) is 6.42 Å². The number of urea groups is 1. The topological polar surface area (TPSA) is 134 Å². The predicted molar refractivity (Wildman–Crippen MR) is 104 cm³/mol. The van der Waals surface area contributed by atoms with Gasteiger partial charge in [0.2, 0.25) is 5.91 Å². The lowest BCUT2D eigenvalue weighted by molar-refractivity contribution is -0.138. The van der Waals surface area contributed by atoms with Crippen LogP contribution < -0.4 is 21.7 Å². The van der Waals surface area contributed by atoms with Gasteiger partial charge in [0.1, 0.15) is 6.04 Å². The molecule has 0 aromatic carbocycles. The molecule has 150 valence electrons. The van der Waals surface area contributed by atoms with E-state index in [1.807, 2.05) is 11.8 Å². The third-order valence-corrected chi connectivity index (χ3v) is 6.17. The zero-order valence-corrected chi connectivity index (χ0v) is 16.4. The molecule has 0 bridgehead atoms. The molecule has 2 rings (SSSR count). The van der Waals surface area contributed by atoms with Crippen LogP contribution in [0.4, 0.5) is 4.79 Å². The van der Waals surface area contributed by atoms with Gasteiger partial charge in [0, 0.05) is 24.0 Å². The van der Waals surface area contributed by atoms with Crippen LogP contribution in [0.15, 0.2) is 0 Å². The van der Waals surface area contributed by atoms with Crippen molar-refractivity contribution in [3.8, 4) is 0 Å². The van der Waals surface area contributed by atoms with Crippen molar-refractivity contribution in [2.24, 2.45) is 5.73 Å². The molecule has 0 aromatic rings. The molecular formula is C16H29ClN4O4S. The Kier molecular flexibility index (Phi) is 10.1. The summed E-state index contributed by atoms with van der Waals surface area (Å²) in [5.74, 6) is 0.0131. The Morgan fingerprint density at radius 2 is 2.04 bits per heavy atom. The fourth-order valence-corrected chi connectivity index (χ4v) is 4.75. The number of carbonyl (C=O) groups excluding carboxylic acids is 2. The molecule has 0 aliphatic carbocycles. The molecule has 2 aliphatic rings. The van der Waals surface area contributed by atoms with E-state index in [9.17, 15) is 14.4 Å². The smallest absolute Gasteiger partial charge is 0.320 e. The van der Waals surface area contributed by atoms with Crippen LogP contribution in [0.1, 0.15) is 44.9 Å². The highest BCUT2D eigenvalue weighted by molar-refractivity contribution is 8.00. The Labute approximate surface area is 164 Å². The van der Waals surface area contributed by atoms with Gasteiger partial charge in [-0.3, -0.25) is 9.59 Å². The first kappa shape index (κ1) is 22.9. The van der Waals surface area contributed by atoms with Crippen molar-refractivity contribution in [3.63, 3.8) is 0 Å². The zero-order chi connectivity index (χ0) is 18.2. The Bertz CT molecular complexity index is 497. The number of rotatable bonds is 11. The molecule has 6 N–H and O–H groups in total. The third-order valence-electron chi connectivity index (χ3n) is 4.66. The molecule has 10 heteroatoms. The second-order valence-electron chi connectivity index (χ2n) is 6.66. The summed E-state index contributed by atoms with van der Waals surface area (Å²) in [7, 11) is 0. The van der Waals surface area contributed by atoms with Crippen molar-refractivity contribution in [1.29, 1.82) is 0 Å². The van der Waals surface area contributed by atoms with E-state index in [-0.39, 0.29) is 36.4 Å². The predicted octanol–water partition coefficient (Wildman–Crippen LogP) is 0.832. The summed E-state index contributed by atoms with van der Waals surface area (Å²) in [4.78, 5) is 33.7. The number of nitrogens with two attached hydrogens (primary N) is 1. The number of carboxylic acid groups (broad SMARTS) is 1. The highest BCUT2D eigenvalue weighted by Crippen LogP contribution is 2.33. The second-order valence-corrected chi connectivity index (χ2v) is 7.93. The number of aliphatic carboxylic acids is 1. The van der Waals surface area contributed by atoms with Gasteiger partial charge in [-0.15, -0.1) is 12.4 Å². The summed E-state index contributed by atoms with van der Waals surface area (Å²) >= 11 is 1.89. The minimum absolute atomic E-state index is 0. The maximum absolute atomic E-state index is 11.8. The number of hydrogen-bond acceptors (Lipinski definition) is 5. The summed E-state index contributed by atoms with van der Waals surface area (Å²) in [6.45, 7) is 0.561. The van der Waals surface area contributed by atoms with Crippen molar-refractivity contribution in [3.05, 3.63) is 0 Å². The first-order valence-electron chi connectivity index (χ1n) is 8.91. The molecule has 4 atom stereocenters. The number of unbranched alkanes of at least 4 members (excludes halogenated alkanes) is 2. The Balaban J connectivity index is 0.00000338. The Hall–Kier alpha value is -1.19. The molecule has 2 heterocycles. The van der Waals surface area contributed by atoms with E-state index in [0.717, 1.165) is 31.4 Å². The molecule has 0 spiro atoms. The van der Waals surface area contributed by atoms with Gasteiger partial charge in [-0.05, 0) is 32.1 Å². The normalized spacial score (nSPS) is 24.8. The van der Waals surface area contributed by atoms with Crippen LogP contribution in [-0.4, -0.2) is 58.7 Å². The molecule has 3 unspecified atom stereocenters. The molecule has 2 aliphatic heterocycles. The molecule has 0 saturated carbocycles. The molecule has 0 radical (unpaired) electrons. The van der Waals surface area contributed by atoms with Gasteiger partial charge in [0.25, 0.3) is 0 Å². The van der Waals surface area contributed by atoms with Crippen LogP contribution in [0.5, 0.6) is 0 Å². The fraction of sp³-hybridized carbons (Fsp3) is 0.812. The highest BCUT2D eigenvalue weighted by atomic mass is 35.5. The minimum atomic E-state index is -0.983. The number of carboxylic acids is 1. The summed E-state index contributed by atoms with van der Waals surface area (Å²) in [6, 6.07) is -0.406. The quantitative estimate of drug-likeness (QED) is 0.254. The molecule has 2 saturated heterocycles. The van der Waals surface area contributed by atoms with Crippen LogP contribution in [0.25, 0.3) is 0 Å². The minimum Gasteiger partial charge on any atom is -0.480 e. The number of nitrogens with one attached hydrogen (secondary N) is 3. The molecule has 26 heavy (non-hydrogen) atoms. The number of fused-ring (bicyclic) bond motifs is 1. The highest BCUT2D eigenvalue weighted by Gasteiger charge is 2.42. The fourth-order valence-electron chi connectivity index (χ4n) is 3.20. The van der Waals surface area contributed by atoms with Crippen molar-refractivity contribution in [1.82, 2.24) is 16.0 Å². The maximum Gasteiger partial charge on any atom is 0.320 e. The largest absolute Gasteiger partial charge is 0.480 e. The number of carbonyl (C=O) groups is 3. The molecule has 2 fully saturated rings. The summed E-state index contributed by atoms with van der Waals surface area (Å²) in [5, 5.41) is 17.9. The van der Waals surface area contributed by atoms with Crippen LogP contribution in [0, 0.1) is 0 Å². The number of hydrogen-bond donors (Lipinski definition) is 5. The Morgan fingerprint density at radius 1 is 1.27 bits per heavy atom. The second kappa shape index (κ2) is 11.5. The first-order valence-corrected chi connectivity index (χ1v) is 9.96. The Morgan fingerprint density at radius 3 is 2.77 bits per heavy atom. The van der Waals surface area contributed by atoms with Gasteiger partial charge in [-0.25, -0.2) is 4.79 Å². The summed E-state index contributed by atoms with van der Waals surface area (Å²) < 4.78 is 0. The standard InChI is InChI=1S/C16H28N4O4S.ClH/c17-10(15(22)23)5-3-4-8-18-13(21)7-2-1-6-12-14-11(9-25-12)19-16(24)20-14;/h10-12,14H,1-9,17H2,(H,18,21)(H,22,23)(H2,19,20,24);1H/t10-,11?,12?,14?;/m0./s1. The lowest BCUT2D eigenvalue weighted by atomic mass is 10.0. The summed E-state index contributed by atoms with van der Waals surface area (Å²) in [6.07, 6.45) is 5.18. The summed E-state index contributed by atoms with van der Waals surface area (Å²) in [5.41, 5.74) is 5.42. The van der Waals surface area contributed by atoms with Gasteiger partial charge in [0.15, 0.2) is 0 Å². The van der Waals surface area contributed by atoms with Crippen molar-refractivity contribution in [2.75, 3.05) is 12.3 Å². The van der Waals surface area contributed by atoms with Gasteiger partial charge >= 0.3 is 12.0 Å². The molecule has 3 amide bonds. The van der Waals surface area contributed by atoms with E-state index >= 15 is 0 Å². The third kappa shape index (κ3) is 7.20. The van der Waals surface area contributed by atoms with Gasteiger partial charge in [-0.2, -0.15) is 11.8 Å². The first-order chi connectivity index (χ1) is 12.0. The van der Waals surface area contributed by atoms with Crippen LogP contribution in [0.2, 0.25) is 0 Å². The number of halogens is 1. The number of amides is 3. The zero-order valence-electron chi connectivity index (χ0n) is 14.7. The van der Waals surface area contributed by atoms with E-state index in [0.29, 0.717) is 31.1 Å². The SMILES string of the molecule is Cl.N[C@@H](CCCCNC(=O)CCCCC1SCC2NC(=O)NC21)C(=O)O. The maximum atomic E-state index is 11.8. The van der Waals surface area contributed by atoms with E-state index < -0.39 is 12.0 Å². The van der Waals surface area contributed by atoms with Gasteiger partial charge in [0.05, 0.1) is 12.1 Å². The lowest BCUT2D eigenvalue weighted by Crippen LogP contribution is -2.36. The molecule has 0 aromatic heterocycles. The van der Waals surface area contributed by atoms with E-state index in [1.54, 1.807) is 0 Å². The average Bonchev–Trinajstić information content (AvgIpc) is 3.10. The van der Waals surface area contributed by atoms with Crippen molar-refractivity contribution in [2.45, 2.75) is 68.3 Å². The van der Waals surface area contributed by atoms with E-state index in [2.05, 4.69) is 16.0 Å². The van der Waals surface area contributed by atoms with Gasteiger partial charge < -0.3 is 26.8 Å². The molecule has 8 nitrogen and oxygen atoms in total. The van der Waals surface area contributed by atoms with E-state index in [4.69, 9.17) is 10.8 Å². The monoisotopic (exact) mass is 408 g/mol. The number of thioether (sulfide) groups is 1. The van der Waals surface area contributed by atoms with Crippen molar-refractivity contribution >= 4 is 42.1 Å².